The number of carbonyl (C=O) groups is 1. The molecule has 2 nitrogen and oxygen atoms in total. The highest BCUT2D eigenvalue weighted by Gasteiger charge is 2.44. The van der Waals surface area contributed by atoms with E-state index >= 15 is 0 Å². The fraction of sp³-hybridized carbons (Fsp3) is 0.588. The molecule has 0 aromatic heterocycles. The lowest BCUT2D eigenvalue weighted by Gasteiger charge is -2.37. The Morgan fingerprint density at radius 1 is 1.24 bits per heavy atom. The van der Waals surface area contributed by atoms with Crippen molar-refractivity contribution in [1.29, 1.82) is 0 Å². The minimum absolute atomic E-state index is 0.0229. The number of hydrogen-bond acceptors (Lipinski definition) is 2. The van der Waals surface area contributed by atoms with Gasteiger partial charge in [0.05, 0.1) is 6.61 Å². The number of benzene rings is 1. The molecule has 1 N–H and O–H groups in total. The van der Waals surface area contributed by atoms with Crippen molar-refractivity contribution < 1.29 is 9.90 Å². The van der Waals surface area contributed by atoms with Crippen molar-refractivity contribution in [2.75, 3.05) is 6.61 Å². The number of rotatable bonds is 6. The predicted octanol–water partition coefficient (Wildman–Crippen LogP) is 4.61. The number of halogens is 1. The zero-order valence-electron chi connectivity index (χ0n) is 13.7. The van der Waals surface area contributed by atoms with Gasteiger partial charge in [0.15, 0.2) is 0 Å². The molecule has 1 aromatic carbocycles. The first kappa shape index (κ1) is 18.6. The van der Waals surface area contributed by atoms with Crippen LogP contribution in [0.3, 0.4) is 0 Å². The van der Waals surface area contributed by atoms with Crippen LogP contribution in [0.1, 0.15) is 32.8 Å². The van der Waals surface area contributed by atoms with Crippen molar-refractivity contribution in [2.45, 2.75) is 51.7 Å². The van der Waals surface area contributed by atoms with Crippen LogP contribution in [-0.4, -0.2) is 25.2 Å². The van der Waals surface area contributed by atoms with Gasteiger partial charge in [-0.1, -0.05) is 61.9 Å². The molecule has 118 valence electrons. The lowest BCUT2D eigenvalue weighted by atomic mass is 10.0. The maximum atomic E-state index is 12.8. The second-order valence-electron chi connectivity index (χ2n) is 7.28. The number of aliphatic hydroxyl groups is 1. The molecule has 0 spiro atoms. The number of aliphatic hydroxyl groups excluding tert-OH is 1. The Kier molecular flexibility index (Phi) is 6.38. The van der Waals surface area contributed by atoms with Crippen molar-refractivity contribution >= 4 is 29.4 Å². The number of hydrogen-bond donors (Lipinski definition) is 1. The van der Waals surface area contributed by atoms with E-state index in [0.717, 1.165) is 17.3 Å². The molecule has 21 heavy (non-hydrogen) atoms. The van der Waals surface area contributed by atoms with Crippen LogP contribution in [0, 0.1) is 5.92 Å². The Labute approximate surface area is 138 Å². The fourth-order valence-corrected chi connectivity index (χ4v) is 4.44. The molecular weight excluding hydrogens is 344 g/mol. The molecule has 4 heteroatoms. The number of carbonyl (C=O) groups excluding carboxylic acids is 1. The molecule has 0 aliphatic rings. The lowest BCUT2D eigenvalue weighted by Crippen LogP contribution is -2.50. The summed E-state index contributed by atoms with van der Waals surface area (Å²) < 4.78 is 1.06. The minimum atomic E-state index is -2.05. The van der Waals surface area contributed by atoms with Gasteiger partial charge in [-0.3, -0.25) is 0 Å². The molecule has 1 atom stereocenters. The average molecular weight is 371 g/mol. The largest absolute Gasteiger partial charge is 0.396 e. The van der Waals surface area contributed by atoms with Gasteiger partial charge in [0.25, 0.3) is 0 Å². The summed E-state index contributed by atoms with van der Waals surface area (Å²) in [6.07, 6.45) is 1.56. The summed E-state index contributed by atoms with van der Waals surface area (Å²) in [4.78, 5) is 12.8. The fourth-order valence-electron chi connectivity index (χ4n) is 2.18. The highest BCUT2D eigenvalue weighted by atomic mass is 79.9. The Bertz CT molecular complexity index is 475. The van der Waals surface area contributed by atoms with Crippen LogP contribution < -0.4 is 0 Å². The molecule has 0 amide bonds. The molecule has 1 rings (SSSR count). The van der Waals surface area contributed by atoms with Gasteiger partial charge in [-0.15, -0.1) is 0 Å². The summed E-state index contributed by atoms with van der Waals surface area (Å²) in [6, 6.07) is 8.16. The van der Waals surface area contributed by atoms with Gasteiger partial charge in [-0.2, -0.15) is 0 Å². The average Bonchev–Trinajstić information content (AvgIpc) is 2.40. The first-order valence-corrected chi connectivity index (χ1v) is 11.3. The van der Waals surface area contributed by atoms with Crippen molar-refractivity contribution in [1.82, 2.24) is 0 Å². The van der Waals surface area contributed by atoms with Crippen molar-refractivity contribution in [2.24, 2.45) is 5.92 Å². The minimum Gasteiger partial charge on any atom is -0.396 e. The monoisotopic (exact) mass is 370 g/mol. The van der Waals surface area contributed by atoms with Gasteiger partial charge in [0.2, 0.25) is 0 Å². The highest BCUT2D eigenvalue weighted by Crippen LogP contribution is 2.38. The highest BCUT2D eigenvalue weighted by molar-refractivity contribution is 9.10. The van der Waals surface area contributed by atoms with Crippen LogP contribution in [-0.2, 0) is 11.2 Å². The predicted molar refractivity (Wildman–Crippen MR) is 95.2 cm³/mol. The summed E-state index contributed by atoms with van der Waals surface area (Å²) >= 11 is 3.42. The van der Waals surface area contributed by atoms with E-state index in [4.69, 9.17) is 0 Å². The molecule has 0 radical (unpaired) electrons. The van der Waals surface area contributed by atoms with Gasteiger partial charge >= 0.3 is 0 Å². The topological polar surface area (TPSA) is 37.3 Å². The van der Waals surface area contributed by atoms with Crippen molar-refractivity contribution in [3.8, 4) is 0 Å². The Morgan fingerprint density at radius 2 is 1.76 bits per heavy atom. The third-order valence-electron chi connectivity index (χ3n) is 4.78. The zero-order valence-corrected chi connectivity index (χ0v) is 16.3. The summed E-state index contributed by atoms with van der Waals surface area (Å²) in [7, 11) is -2.05. The van der Waals surface area contributed by atoms with E-state index in [1.807, 2.05) is 12.1 Å². The molecule has 0 fully saturated rings. The molecule has 0 aliphatic carbocycles. The van der Waals surface area contributed by atoms with E-state index in [1.54, 1.807) is 0 Å². The molecule has 0 aliphatic heterocycles. The van der Waals surface area contributed by atoms with E-state index in [-0.39, 0.29) is 17.6 Å². The molecule has 0 unspecified atom stereocenters. The first-order chi connectivity index (χ1) is 9.59. The third-order valence-corrected chi connectivity index (χ3v) is 10.7. The van der Waals surface area contributed by atoms with E-state index in [0.29, 0.717) is 5.41 Å². The number of aryl methyl sites for hydroxylation is 1. The Hall–Kier alpha value is -0.453. The smallest absolute Gasteiger partial charge is 0.132 e. The van der Waals surface area contributed by atoms with E-state index < -0.39 is 8.07 Å². The molecule has 0 saturated carbocycles. The Balaban J connectivity index is 2.75. The summed E-state index contributed by atoms with van der Waals surface area (Å²) in [5.74, 6) is -0.227. The van der Waals surface area contributed by atoms with Crippen molar-refractivity contribution in [3.05, 3.63) is 34.3 Å². The molecule has 0 heterocycles. The SMILES string of the molecule is CC(C)(C)[Si](C)(C)C(=O)[C@H](CO)CCc1ccc(Br)cc1. The molecule has 0 saturated heterocycles. The van der Waals surface area contributed by atoms with Crippen LogP contribution in [0.4, 0.5) is 0 Å². The van der Waals surface area contributed by atoms with Gasteiger partial charge < -0.3 is 9.90 Å². The third kappa shape index (κ3) is 4.76. The van der Waals surface area contributed by atoms with Gasteiger partial charge in [0, 0.05) is 10.4 Å². The van der Waals surface area contributed by atoms with E-state index in [2.05, 4.69) is 61.9 Å². The lowest BCUT2D eigenvalue weighted by molar-refractivity contribution is -0.117. The summed E-state index contributed by atoms with van der Waals surface area (Å²) in [5, 5.41) is 9.97. The van der Waals surface area contributed by atoms with Crippen molar-refractivity contribution in [3.63, 3.8) is 0 Å². The normalized spacial score (nSPS) is 14.0. The summed E-state index contributed by atoms with van der Waals surface area (Å²) in [5.41, 5.74) is 1.21. The molecular formula is C17H27BrO2Si. The van der Waals surface area contributed by atoms with Gasteiger partial charge in [-0.05, 0) is 35.6 Å². The van der Waals surface area contributed by atoms with Crippen LogP contribution >= 0.6 is 15.9 Å². The van der Waals surface area contributed by atoms with Gasteiger partial charge in [-0.25, -0.2) is 0 Å². The van der Waals surface area contributed by atoms with Crippen LogP contribution in [0.5, 0.6) is 0 Å². The molecule has 1 aromatic rings. The second kappa shape index (κ2) is 7.21. The van der Waals surface area contributed by atoms with Crippen LogP contribution in [0.25, 0.3) is 0 Å². The second-order valence-corrected chi connectivity index (χ2v) is 13.4. The standard InChI is InChI=1S/C17H27BrO2Si/c1-17(2,3)21(4,5)16(20)14(12-19)9-6-13-7-10-15(18)11-8-13/h7-8,10-11,14,19H,6,9,12H2,1-5H3/t14-/m0/s1. The van der Waals surface area contributed by atoms with E-state index in [9.17, 15) is 9.90 Å². The zero-order chi connectivity index (χ0) is 16.3. The summed E-state index contributed by atoms with van der Waals surface area (Å²) in [6.45, 7) is 10.6. The quantitative estimate of drug-likeness (QED) is 0.742. The van der Waals surface area contributed by atoms with E-state index in [1.165, 1.54) is 5.56 Å². The Morgan fingerprint density at radius 3 is 2.19 bits per heavy atom. The first-order valence-electron chi connectivity index (χ1n) is 7.49. The maximum absolute atomic E-state index is 12.8. The van der Waals surface area contributed by atoms with Gasteiger partial charge in [0.1, 0.15) is 13.5 Å². The van der Waals surface area contributed by atoms with Crippen LogP contribution in [0.2, 0.25) is 18.1 Å². The van der Waals surface area contributed by atoms with Crippen LogP contribution in [0.15, 0.2) is 28.7 Å². The molecule has 0 bridgehead atoms. The maximum Gasteiger partial charge on any atom is 0.132 e.